The van der Waals surface area contributed by atoms with Crippen LogP contribution >= 0.6 is 0 Å². The van der Waals surface area contributed by atoms with Gasteiger partial charge in [0.15, 0.2) is 0 Å². The summed E-state index contributed by atoms with van der Waals surface area (Å²) in [5.41, 5.74) is 0.372. The van der Waals surface area contributed by atoms with Crippen molar-refractivity contribution in [2.75, 3.05) is 7.11 Å². The molecule has 4 fully saturated rings. The molecule has 0 aromatic carbocycles. The van der Waals surface area contributed by atoms with Crippen molar-refractivity contribution in [3.05, 3.63) is 0 Å². The first-order valence-electron chi connectivity index (χ1n) is 9.77. The Kier molecular flexibility index (Phi) is 3.74. The first-order valence-corrected chi connectivity index (χ1v) is 9.77. The Morgan fingerprint density at radius 3 is 2.54 bits per heavy atom. The number of methoxy groups -OCH3 is 1. The first-order chi connectivity index (χ1) is 11.4. The zero-order chi connectivity index (χ0) is 17.1. The second kappa shape index (κ2) is 5.47. The maximum atomic E-state index is 12.3. The van der Waals surface area contributed by atoms with Gasteiger partial charge in [-0.05, 0) is 73.5 Å². The molecule has 4 heteroatoms. The van der Waals surface area contributed by atoms with Gasteiger partial charge in [-0.15, -0.1) is 0 Å². The number of carbonyl (C=O) groups excluding carboxylic acids is 2. The number of piperidine rings is 1. The summed E-state index contributed by atoms with van der Waals surface area (Å²) in [4.78, 5) is 24.1. The molecule has 4 nitrogen and oxygen atoms in total. The van der Waals surface area contributed by atoms with Gasteiger partial charge < -0.3 is 10.1 Å². The van der Waals surface area contributed by atoms with E-state index in [4.69, 9.17) is 4.74 Å². The Bertz CT molecular complexity index is 561. The summed E-state index contributed by atoms with van der Waals surface area (Å²) in [6.07, 6.45) is 8.54. The van der Waals surface area contributed by atoms with E-state index in [9.17, 15) is 9.59 Å². The Balaban J connectivity index is 1.61. The van der Waals surface area contributed by atoms with Crippen LogP contribution in [0, 0.1) is 34.5 Å². The van der Waals surface area contributed by atoms with E-state index in [2.05, 4.69) is 19.2 Å². The molecular formula is C20H31NO3. The summed E-state index contributed by atoms with van der Waals surface area (Å²) in [7, 11) is 1.53. The van der Waals surface area contributed by atoms with E-state index in [0.29, 0.717) is 24.3 Å². The molecular weight excluding hydrogens is 302 g/mol. The lowest BCUT2D eigenvalue weighted by Crippen LogP contribution is -2.61. The van der Waals surface area contributed by atoms with Gasteiger partial charge in [0, 0.05) is 12.5 Å². The van der Waals surface area contributed by atoms with Crippen molar-refractivity contribution in [3.8, 4) is 0 Å². The molecule has 3 aliphatic carbocycles. The fraction of sp³-hybridized carbons (Fsp3) is 0.900. The van der Waals surface area contributed by atoms with Gasteiger partial charge in [-0.2, -0.15) is 0 Å². The molecule has 0 aromatic rings. The molecule has 0 radical (unpaired) electrons. The number of hydrogen-bond donors (Lipinski definition) is 1. The van der Waals surface area contributed by atoms with Crippen LogP contribution in [0.2, 0.25) is 0 Å². The van der Waals surface area contributed by atoms with Gasteiger partial charge >= 0.3 is 5.97 Å². The van der Waals surface area contributed by atoms with Crippen molar-refractivity contribution in [3.63, 3.8) is 0 Å². The molecule has 1 heterocycles. The average Bonchev–Trinajstić information content (AvgIpc) is 2.92. The molecule has 0 spiro atoms. The van der Waals surface area contributed by atoms with Crippen molar-refractivity contribution >= 4 is 11.9 Å². The van der Waals surface area contributed by atoms with Gasteiger partial charge in [0.2, 0.25) is 5.91 Å². The Labute approximate surface area is 145 Å². The first kappa shape index (κ1) is 16.4. The maximum Gasteiger partial charge on any atom is 0.309 e. The summed E-state index contributed by atoms with van der Waals surface area (Å²) < 4.78 is 5.12. The molecule has 4 aliphatic rings. The lowest BCUT2D eigenvalue weighted by Gasteiger charge is -2.60. The van der Waals surface area contributed by atoms with E-state index < -0.39 is 0 Å². The van der Waals surface area contributed by atoms with Crippen LogP contribution in [0.5, 0.6) is 0 Å². The van der Waals surface area contributed by atoms with E-state index in [1.807, 2.05) is 0 Å². The summed E-state index contributed by atoms with van der Waals surface area (Å²) in [5.74, 6) is 2.40. The third-order valence-corrected chi connectivity index (χ3v) is 8.58. The fourth-order valence-electron chi connectivity index (χ4n) is 7.23. The van der Waals surface area contributed by atoms with Crippen LogP contribution in [0.3, 0.4) is 0 Å². The van der Waals surface area contributed by atoms with Crippen molar-refractivity contribution in [1.82, 2.24) is 5.32 Å². The van der Waals surface area contributed by atoms with Crippen LogP contribution in [-0.4, -0.2) is 25.0 Å². The number of esters is 1. The number of rotatable bonds is 1. The van der Waals surface area contributed by atoms with E-state index in [-0.39, 0.29) is 28.6 Å². The van der Waals surface area contributed by atoms with Gasteiger partial charge in [0.1, 0.15) is 0 Å². The van der Waals surface area contributed by atoms with Crippen LogP contribution in [0.4, 0.5) is 0 Å². The second-order valence-electron chi connectivity index (χ2n) is 9.28. The predicted octanol–water partition coefficient (Wildman–Crippen LogP) is 3.30. The van der Waals surface area contributed by atoms with E-state index >= 15 is 0 Å². The Morgan fingerprint density at radius 1 is 1.04 bits per heavy atom. The van der Waals surface area contributed by atoms with E-state index in [1.165, 1.54) is 26.4 Å². The van der Waals surface area contributed by atoms with Gasteiger partial charge in [0.25, 0.3) is 0 Å². The van der Waals surface area contributed by atoms with Crippen molar-refractivity contribution in [2.45, 2.75) is 71.3 Å². The summed E-state index contributed by atoms with van der Waals surface area (Å²) in [6, 6.07) is 0.363. The molecule has 1 aliphatic heterocycles. The van der Waals surface area contributed by atoms with Crippen LogP contribution in [0.15, 0.2) is 0 Å². The quantitative estimate of drug-likeness (QED) is 0.749. The minimum absolute atomic E-state index is 0.00303. The summed E-state index contributed by atoms with van der Waals surface area (Å²) in [5, 5.41) is 3.28. The molecule has 1 N–H and O–H groups in total. The number of fused-ring (bicyclic) bond motifs is 5. The molecule has 4 unspecified atom stereocenters. The Morgan fingerprint density at radius 2 is 1.79 bits per heavy atom. The molecule has 1 saturated heterocycles. The zero-order valence-electron chi connectivity index (χ0n) is 15.3. The maximum absolute atomic E-state index is 12.3. The number of nitrogens with one attached hydrogen (secondary N) is 1. The number of carbonyl (C=O) groups is 2. The zero-order valence-corrected chi connectivity index (χ0v) is 15.3. The summed E-state index contributed by atoms with van der Waals surface area (Å²) in [6.45, 7) is 4.77. The Hall–Kier alpha value is -1.06. The minimum atomic E-state index is 0.00303. The van der Waals surface area contributed by atoms with Gasteiger partial charge in [-0.1, -0.05) is 13.8 Å². The molecule has 134 valence electrons. The smallest absolute Gasteiger partial charge is 0.309 e. The SMILES string of the molecule is COC(=O)[C@H]1CCC2C3CCC4NC(=O)CC[C@]4(C)C3CC[C@@]21C. The second-order valence-corrected chi connectivity index (χ2v) is 9.28. The standard InChI is InChI=1S/C20H31NO3/c1-19-10-8-14-12(13(19)5-6-15(19)18(23)24-3)4-7-16-20(14,2)11-9-17(22)21-16/h12-16H,4-11H2,1-3H3,(H,21,22)/t12?,13?,14?,15-,16?,19+,20-/m1/s1. The lowest BCUT2D eigenvalue weighted by atomic mass is 9.47. The molecule has 7 atom stereocenters. The molecule has 1 amide bonds. The topological polar surface area (TPSA) is 55.4 Å². The minimum Gasteiger partial charge on any atom is -0.469 e. The normalized spacial score (nSPS) is 50.3. The summed E-state index contributed by atoms with van der Waals surface area (Å²) >= 11 is 0. The third kappa shape index (κ3) is 2.10. The van der Waals surface area contributed by atoms with Gasteiger partial charge in [-0.3, -0.25) is 9.59 Å². The number of hydrogen-bond acceptors (Lipinski definition) is 3. The van der Waals surface area contributed by atoms with Crippen LogP contribution in [0.25, 0.3) is 0 Å². The highest BCUT2D eigenvalue weighted by molar-refractivity contribution is 5.77. The van der Waals surface area contributed by atoms with Crippen molar-refractivity contribution in [1.29, 1.82) is 0 Å². The highest BCUT2D eigenvalue weighted by Gasteiger charge is 2.61. The molecule has 3 saturated carbocycles. The van der Waals surface area contributed by atoms with Gasteiger partial charge in [0.05, 0.1) is 13.0 Å². The molecule has 4 rings (SSSR count). The van der Waals surface area contributed by atoms with Crippen LogP contribution in [0.1, 0.15) is 65.2 Å². The highest BCUT2D eigenvalue weighted by Crippen LogP contribution is 2.65. The van der Waals surface area contributed by atoms with Gasteiger partial charge in [-0.25, -0.2) is 0 Å². The largest absolute Gasteiger partial charge is 0.469 e. The number of ether oxygens (including phenoxy) is 1. The predicted molar refractivity (Wildman–Crippen MR) is 91.1 cm³/mol. The molecule has 24 heavy (non-hydrogen) atoms. The fourth-order valence-corrected chi connectivity index (χ4v) is 7.23. The van der Waals surface area contributed by atoms with Crippen LogP contribution in [-0.2, 0) is 14.3 Å². The van der Waals surface area contributed by atoms with Crippen molar-refractivity contribution in [2.24, 2.45) is 34.5 Å². The molecule has 0 aromatic heterocycles. The van der Waals surface area contributed by atoms with E-state index in [0.717, 1.165) is 31.6 Å². The van der Waals surface area contributed by atoms with Crippen molar-refractivity contribution < 1.29 is 14.3 Å². The lowest BCUT2D eigenvalue weighted by molar-refractivity contribution is -0.155. The molecule has 0 bridgehead atoms. The van der Waals surface area contributed by atoms with E-state index in [1.54, 1.807) is 0 Å². The third-order valence-electron chi connectivity index (χ3n) is 8.58. The highest BCUT2D eigenvalue weighted by atomic mass is 16.5. The number of amides is 1. The van der Waals surface area contributed by atoms with Crippen LogP contribution < -0.4 is 5.32 Å². The monoisotopic (exact) mass is 333 g/mol. The average molecular weight is 333 g/mol.